The van der Waals surface area contributed by atoms with Gasteiger partial charge >= 0.3 is 5.97 Å². The molecular weight excluding hydrogens is 360 g/mol. The highest BCUT2D eigenvalue weighted by Gasteiger charge is 2.11. The fourth-order valence-corrected chi connectivity index (χ4v) is 2.56. The maximum Gasteiger partial charge on any atom is 0.337 e. The summed E-state index contributed by atoms with van der Waals surface area (Å²) in [7, 11) is 1.34. The van der Waals surface area contributed by atoms with E-state index in [1.165, 1.54) is 11.8 Å². The molecule has 6 nitrogen and oxygen atoms in total. The zero-order valence-electron chi connectivity index (χ0n) is 13.1. The molecule has 0 saturated carbocycles. The van der Waals surface area contributed by atoms with Crippen molar-refractivity contribution < 1.29 is 9.53 Å². The number of carbonyl (C=O) groups excluding carboxylic acids is 1. The summed E-state index contributed by atoms with van der Waals surface area (Å²) in [4.78, 5) is 11.4. The molecule has 0 fully saturated rings. The first kappa shape index (κ1) is 17.1. The molecule has 0 atom stereocenters. The lowest BCUT2D eigenvalue weighted by Gasteiger charge is -2.03. The molecule has 25 heavy (non-hydrogen) atoms. The van der Waals surface area contributed by atoms with Gasteiger partial charge in [0.2, 0.25) is 4.77 Å². The molecule has 0 aliphatic carbocycles. The minimum atomic E-state index is -0.387. The molecule has 0 unspecified atom stereocenters. The van der Waals surface area contributed by atoms with Gasteiger partial charge in [0.05, 0.1) is 23.9 Å². The number of carbonyl (C=O) groups is 1. The highest BCUT2D eigenvalue weighted by Crippen LogP contribution is 2.25. The molecule has 3 rings (SSSR count). The van der Waals surface area contributed by atoms with Gasteiger partial charge in [0.25, 0.3) is 0 Å². The van der Waals surface area contributed by atoms with Crippen LogP contribution in [0.25, 0.3) is 11.4 Å². The van der Waals surface area contributed by atoms with E-state index in [-0.39, 0.29) is 5.97 Å². The van der Waals surface area contributed by atoms with E-state index < -0.39 is 0 Å². The van der Waals surface area contributed by atoms with Gasteiger partial charge in [-0.1, -0.05) is 35.9 Å². The van der Waals surface area contributed by atoms with E-state index in [1.807, 2.05) is 18.2 Å². The van der Waals surface area contributed by atoms with Crippen molar-refractivity contribution in [2.75, 3.05) is 7.11 Å². The molecule has 0 aliphatic rings. The molecule has 3 aromatic rings. The van der Waals surface area contributed by atoms with Gasteiger partial charge in [-0.3, -0.25) is 0 Å². The number of hydrogen-bond donors (Lipinski definition) is 1. The Kier molecular flexibility index (Phi) is 5.06. The van der Waals surface area contributed by atoms with E-state index in [0.717, 1.165) is 11.1 Å². The fourth-order valence-electron chi connectivity index (χ4n) is 2.16. The van der Waals surface area contributed by atoms with Crippen molar-refractivity contribution in [2.45, 2.75) is 0 Å². The van der Waals surface area contributed by atoms with Crippen LogP contribution in [0.1, 0.15) is 15.9 Å². The van der Waals surface area contributed by atoms with E-state index in [2.05, 4.69) is 20.0 Å². The fraction of sp³-hybridized carbons (Fsp3) is 0.0588. The van der Waals surface area contributed by atoms with Crippen LogP contribution in [0.3, 0.4) is 0 Å². The Morgan fingerprint density at radius 3 is 2.68 bits per heavy atom. The highest BCUT2D eigenvalue weighted by atomic mass is 35.5. The zero-order chi connectivity index (χ0) is 17.8. The summed E-state index contributed by atoms with van der Waals surface area (Å²) < 4.78 is 6.51. The van der Waals surface area contributed by atoms with Crippen molar-refractivity contribution in [3.8, 4) is 11.4 Å². The summed E-state index contributed by atoms with van der Waals surface area (Å²) >= 11 is 11.5. The number of benzene rings is 2. The summed E-state index contributed by atoms with van der Waals surface area (Å²) in [6.45, 7) is 0. The third-order valence-corrected chi connectivity index (χ3v) is 4.01. The van der Waals surface area contributed by atoms with E-state index in [4.69, 9.17) is 23.8 Å². The summed E-state index contributed by atoms with van der Waals surface area (Å²) in [6, 6.07) is 14.2. The first-order valence-corrected chi connectivity index (χ1v) is 8.04. The van der Waals surface area contributed by atoms with E-state index in [0.29, 0.717) is 21.2 Å². The van der Waals surface area contributed by atoms with E-state index in [1.54, 1.807) is 36.5 Å². The van der Waals surface area contributed by atoms with Crippen LogP contribution in [-0.4, -0.2) is 34.2 Å². The van der Waals surface area contributed by atoms with Crippen LogP contribution >= 0.6 is 23.8 Å². The standard InChI is InChI=1S/C17H13ClN4O2S/c1-24-16(23)12-8-6-11(7-9-12)10-19-22-15(20-21-17(22)25)13-4-2-3-5-14(13)18/h2-10H,1H3,(H,21,25)/b19-10+. The molecule has 8 heteroatoms. The van der Waals surface area contributed by atoms with Crippen LogP contribution < -0.4 is 0 Å². The van der Waals surface area contributed by atoms with Crippen molar-refractivity contribution >= 4 is 36.0 Å². The van der Waals surface area contributed by atoms with Crippen molar-refractivity contribution in [2.24, 2.45) is 5.10 Å². The van der Waals surface area contributed by atoms with Gasteiger partial charge in [0, 0.05) is 5.56 Å². The predicted molar refractivity (Wildman–Crippen MR) is 98.6 cm³/mol. The second-order valence-corrected chi connectivity index (χ2v) is 5.80. The van der Waals surface area contributed by atoms with Gasteiger partial charge in [-0.05, 0) is 42.0 Å². The molecule has 0 aliphatic heterocycles. The Labute approximate surface area is 153 Å². The molecule has 0 spiro atoms. The van der Waals surface area contributed by atoms with Gasteiger partial charge in [-0.25, -0.2) is 9.89 Å². The number of rotatable bonds is 4. The first-order chi connectivity index (χ1) is 12.1. The molecule has 126 valence electrons. The molecule has 0 amide bonds. The maximum atomic E-state index is 11.4. The van der Waals surface area contributed by atoms with E-state index >= 15 is 0 Å². The number of methoxy groups -OCH3 is 1. The number of halogens is 1. The SMILES string of the molecule is COC(=O)c1ccc(/C=N/n2c(-c3ccccc3Cl)n[nH]c2=S)cc1. The minimum Gasteiger partial charge on any atom is -0.465 e. The zero-order valence-corrected chi connectivity index (χ0v) is 14.7. The third-order valence-electron chi connectivity index (χ3n) is 3.42. The van der Waals surface area contributed by atoms with Gasteiger partial charge in [-0.15, -0.1) is 0 Å². The molecule has 0 saturated heterocycles. The molecule has 0 radical (unpaired) electrons. The predicted octanol–water partition coefficient (Wildman–Crippen LogP) is 3.93. The van der Waals surface area contributed by atoms with Crippen molar-refractivity contribution in [1.82, 2.24) is 14.9 Å². The molecule has 1 aromatic heterocycles. The quantitative estimate of drug-likeness (QED) is 0.428. The Morgan fingerprint density at radius 2 is 2.00 bits per heavy atom. The summed E-state index contributed by atoms with van der Waals surface area (Å²) in [6.07, 6.45) is 1.62. The first-order valence-electron chi connectivity index (χ1n) is 7.25. The normalized spacial score (nSPS) is 11.0. The van der Waals surface area contributed by atoms with Crippen molar-refractivity contribution in [1.29, 1.82) is 0 Å². The Bertz CT molecular complexity index is 992. The van der Waals surface area contributed by atoms with Crippen LogP contribution in [0.2, 0.25) is 5.02 Å². The highest BCUT2D eigenvalue weighted by molar-refractivity contribution is 7.71. The van der Waals surface area contributed by atoms with E-state index in [9.17, 15) is 4.79 Å². The average molecular weight is 373 g/mol. The van der Waals surface area contributed by atoms with Gasteiger partial charge in [0.15, 0.2) is 5.82 Å². The molecular formula is C17H13ClN4O2S. The average Bonchev–Trinajstić information content (AvgIpc) is 3.00. The molecule has 1 heterocycles. The Morgan fingerprint density at radius 1 is 1.28 bits per heavy atom. The summed E-state index contributed by atoms with van der Waals surface area (Å²) in [5, 5.41) is 11.8. The van der Waals surface area contributed by atoms with Crippen LogP contribution in [0.15, 0.2) is 53.6 Å². The number of H-pyrrole nitrogens is 1. The smallest absolute Gasteiger partial charge is 0.337 e. The topological polar surface area (TPSA) is 72.3 Å². The van der Waals surface area contributed by atoms with Gasteiger partial charge in [-0.2, -0.15) is 14.9 Å². The number of hydrogen-bond acceptors (Lipinski definition) is 5. The largest absolute Gasteiger partial charge is 0.465 e. The Hall–Kier alpha value is -2.77. The second-order valence-electron chi connectivity index (χ2n) is 5.00. The monoisotopic (exact) mass is 372 g/mol. The maximum absolute atomic E-state index is 11.4. The van der Waals surface area contributed by atoms with Gasteiger partial charge in [0.1, 0.15) is 0 Å². The van der Waals surface area contributed by atoms with Crippen LogP contribution in [0.4, 0.5) is 0 Å². The van der Waals surface area contributed by atoms with Crippen LogP contribution in [0, 0.1) is 4.77 Å². The van der Waals surface area contributed by atoms with Crippen LogP contribution in [-0.2, 0) is 4.74 Å². The number of esters is 1. The number of nitrogens with one attached hydrogen (secondary N) is 1. The van der Waals surface area contributed by atoms with Gasteiger partial charge < -0.3 is 4.74 Å². The van der Waals surface area contributed by atoms with Crippen molar-refractivity contribution in [3.05, 3.63) is 69.5 Å². The number of ether oxygens (including phenoxy) is 1. The lowest BCUT2D eigenvalue weighted by atomic mass is 10.1. The van der Waals surface area contributed by atoms with Crippen molar-refractivity contribution in [3.63, 3.8) is 0 Å². The number of nitrogens with zero attached hydrogens (tertiary/aromatic N) is 3. The molecule has 2 aromatic carbocycles. The Balaban J connectivity index is 1.92. The lowest BCUT2D eigenvalue weighted by Crippen LogP contribution is -2.01. The van der Waals surface area contributed by atoms with Crippen LogP contribution in [0.5, 0.6) is 0 Å². The number of aromatic amines is 1. The molecule has 0 bridgehead atoms. The third kappa shape index (κ3) is 3.67. The minimum absolute atomic E-state index is 0.345. The summed E-state index contributed by atoms with van der Waals surface area (Å²) in [5.41, 5.74) is 1.98. The lowest BCUT2D eigenvalue weighted by molar-refractivity contribution is 0.0600. The summed E-state index contributed by atoms with van der Waals surface area (Å²) in [5.74, 6) is 0.125. The second kappa shape index (κ2) is 7.42. The number of aromatic nitrogens is 3. The molecule has 1 N–H and O–H groups in total.